The molecule has 14 heavy (non-hydrogen) atoms. The van der Waals surface area contributed by atoms with Gasteiger partial charge in [-0.3, -0.25) is 4.79 Å². The number of hydrogen-bond donors (Lipinski definition) is 0. The predicted molar refractivity (Wildman–Crippen MR) is 58.8 cm³/mol. The molecule has 0 aromatic carbocycles. The summed E-state index contributed by atoms with van der Waals surface area (Å²) in [5.74, 6) is -0.136. The Labute approximate surface area is 87.3 Å². The van der Waals surface area contributed by atoms with Gasteiger partial charge in [-0.1, -0.05) is 39.7 Å². The van der Waals surface area contributed by atoms with E-state index in [1.165, 1.54) is 6.26 Å². The fourth-order valence-electron chi connectivity index (χ4n) is 1.67. The Balaban J connectivity index is 4.34. The minimum atomic E-state index is -0.320. The number of unbranched alkanes of at least 4 members (excludes halogenated alkanes) is 1. The van der Waals surface area contributed by atoms with Gasteiger partial charge in [0.1, 0.15) is 0 Å². The summed E-state index contributed by atoms with van der Waals surface area (Å²) in [5, 5.41) is 0. The average molecular weight is 198 g/mol. The second-order valence-electron chi connectivity index (χ2n) is 3.99. The highest BCUT2D eigenvalue weighted by Crippen LogP contribution is 2.31. The zero-order valence-electron chi connectivity index (χ0n) is 9.64. The van der Waals surface area contributed by atoms with E-state index in [1.54, 1.807) is 0 Å². The Morgan fingerprint density at radius 2 is 2.00 bits per heavy atom. The summed E-state index contributed by atoms with van der Waals surface area (Å²) in [5.41, 5.74) is -0.320. The highest BCUT2D eigenvalue weighted by atomic mass is 16.5. The van der Waals surface area contributed by atoms with Crippen LogP contribution in [0.4, 0.5) is 0 Å². The summed E-state index contributed by atoms with van der Waals surface area (Å²) in [4.78, 5) is 11.7. The Morgan fingerprint density at radius 3 is 2.43 bits per heavy atom. The van der Waals surface area contributed by atoms with Gasteiger partial charge in [0, 0.05) is 0 Å². The molecule has 0 aromatic rings. The maximum atomic E-state index is 11.7. The Bertz CT molecular complexity index is 187. The summed E-state index contributed by atoms with van der Waals surface area (Å²) >= 11 is 0. The number of carbonyl (C=O) groups excluding carboxylic acids is 1. The van der Waals surface area contributed by atoms with Crippen molar-refractivity contribution in [1.29, 1.82) is 0 Å². The molecular weight excluding hydrogens is 176 g/mol. The van der Waals surface area contributed by atoms with Gasteiger partial charge in [0.15, 0.2) is 0 Å². The third kappa shape index (κ3) is 3.95. The summed E-state index contributed by atoms with van der Waals surface area (Å²) in [6.07, 6.45) is 6.21. The fourth-order valence-corrected chi connectivity index (χ4v) is 1.67. The van der Waals surface area contributed by atoms with E-state index in [9.17, 15) is 4.79 Å². The topological polar surface area (TPSA) is 26.3 Å². The monoisotopic (exact) mass is 198 g/mol. The van der Waals surface area contributed by atoms with Crippen LogP contribution in [0.5, 0.6) is 0 Å². The second kappa shape index (κ2) is 6.63. The van der Waals surface area contributed by atoms with Gasteiger partial charge in [0.05, 0.1) is 11.7 Å². The van der Waals surface area contributed by atoms with E-state index < -0.39 is 0 Å². The highest BCUT2D eigenvalue weighted by Gasteiger charge is 2.32. The van der Waals surface area contributed by atoms with Crippen molar-refractivity contribution >= 4 is 5.97 Å². The quantitative estimate of drug-likeness (QED) is 0.461. The Hall–Kier alpha value is -0.790. The molecular formula is C12H22O2. The fraction of sp³-hybridized carbons (Fsp3) is 0.750. The molecule has 1 unspecified atom stereocenters. The molecule has 0 aromatic heterocycles. The maximum Gasteiger partial charge on any atom is 0.316 e. The van der Waals surface area contributed by atoms with Crippen molar-refractivity contribution in [3.63, 3.8) is 0 Å². The van der Waals surface area contributed by atoms with Crippen molar-refractivity contribution in [2.24, 2.45) is 5.41 Å². The molecule has 0 amide bonds. The van der Waals surface area contributed by atoms with Gasteiger partial charge < -0.3 is 4.74 Å². The van der Waals surface area contributed by atoms with E-state index in [0.29, 0.717) is 0 Å². The molecule has 2 nitrogen and oxygen atoms in total. The summed E-state index contributed by atoms with van der Waals surface area (Å²) in [6, 6.07) is 0. The first-order chi connectivity index (χ1) is 6.60. The van der Waals surface area contributed by atoms with E-state index in [2.05, 4.69) is 20.4 Å². The molecule has 0 heterocycles. The Kier molecular flexibility index (Phi) is 6.26. The lowest BCUT2D eigenvalue weighted by Gasteiger charge is -2.25. The molecule has 0 N–H and O–H groups in total. The van der Waals surface area contributed by atoms with E-state index in [0.717, 1.165) is 32.1 Å². The summed E-state index contributed by atoms with van der Waals surface area (Å²) in [7, 11) is 0. The molecule has 2 heteroatoms. The lowest BCUT2D eigenvalue weighted by atomic mass is 9.81. The second-order valence-corrected chi connectivity index (χ2v) is 3.99. The summed E-state index contributed by atoms with van der Waals surface area (Å²) in [6.45, 7) is 9.61. The molecule has 0 aliphatic rings. The maximum absolute atomic E-state index is 11.7. The Morgan fingerprint density at radius 1 is 1.36 bits per heavy atom. The van der Waals surface area contributed by atoms with E-state index >= 15 is 0 Å². The van der Waals surface area contributed by atoms with Gasteiger partial charge in [-0.05, 0) is 19.8 Å². The van der Waals surface area contributed by atoms with Gasteiger partial charge in [0.2, 0.25) is 0 Å². The number of esters is 1. The molecule has 82 valence electrons. The minimum absolute atomic E-state index is 0.136. The molecule has 0 rings (SSSR count). The van der Waals surface area contributed by atoms with Crippen LogP contribution >= 0.6 is 0 Å². The standard InChI is InChI=1S/C12H22O2/c1-5-8-10-12(4,9-6-2)11(13)14-7-3/h7H,3,5-6,8-10H2,1-2,4H3. The zero-order valence-corrected chi connectivity index (χ0v) is 9.64. The van der Waals surface area contributed by atoms with Gasteiger partial charge in [-0.2, -0.15) is 0 Å². The first-order valence-electron chi connectivity index (χ1n) is 5.42. The van der Waals surface area contributed by atoms with Crippen molar-refractivity contribution in [1.82, 2.24) is 0 Å². The molecule has 0 radical (unpaired) electrons. The van der Waals surface area contributed by atoms with E-state index in [-0.39, 0.29) is 11.4 Å². The molecule has 0 aliphatic carbocycles. The largest absolute Gasteiger partial charge is 0.435 e. The highest BCUT2D eigenvalue weighted by molar-refractivity contribution is 5.76. The molecule has 0 spiro atoms. The first-order valence-corrected chi connectivity index (χ1v) is 5.42. The smallest absolute Gasteiger partial charge is 0.316 e. The van der Waals surface area contributed by atoms with Crippen LogP contribution in [0.15, 0.2) is 12.8 Å². The van der Waals surface area contributed by atoms with Crippen LogP contribution in [0.25, 0.3) is 0 Å². The number of rotatable bonds is 7. The number of ether oxygens (including phenoxy) is 1. The lowest BCUT2D eigenvalue weighted by Crippen LogP contribution is -2.28. The third-order valence-electron chi connectivity index (χ3n) is 2.57. The number of carbonyl (C=O) groups is 1. The molecule has 0 bridgehead atoms. The molecule has 0 aliphatic heterocycles. The van der Waals surface area contributed by atoms with Crippen LogP contribution in [-0.2, 0) is 9.53 Å². The normalized spacial score (nSPS) is 14.5. The third-order valence-corrected chi connectivity index (χ3v) is 2.57. The first kappa shape index (κ1) is 13.2. The predicted octanol–water partition coefficient (Wildman–Crippen LogP) is 3.67. The average Bonchev–Trinajstić information content (AvgIpc) is 2.15. The van der Waals surface area contributed by atoms with Crippen LogP contribution in [-0.4, -0.2) is 5.97 Å². The van der Waals surface area contributed by atoms with Crippen LogP contribution in [0.1, 0.15) is 52.9 Å². The van der Waals surface area contributed by atoms with Gasteiger partial charge in [0.25, 0.3) is 0 Å². The van der Waals surface area contributed by atoms with Gasteiger partial charge in [-0.25, -0.2) is 0 Å². The van der Waals surface area contributed by atoms with Crippen molar-refractivity contribution in [3.8, 4) is 0 Å². The van der Waals surface area contributed by atoms with Crippen LogP contribution in [0.2, 0.25) is 0 Å². The minimum Gasteiger partial charge on any atom is -0.435 e. The molecule has 1 atom stereocenters. The van der Waals surface area contributed by atoms with Crippen molar-refractivity contribution in [2.45, 2.75) is 52.9 Å². The van der Waals surface area contributed by atoms with Crippen LogP contribution in [0, 0.1) is 5.41 Å². The lowest BCUT2D eigenvalue weighted by molar-refractivity contribution is -0.149. The molecule has 0 saturated heterocycles. The molecule has 0 saturated carbocycles. The van der Waals surface area contributed by atoms with Crippen LogP contribution in [0.3, 0.4) is 0 Å². The van der Waals surface area contributed by atoms with E-state index in [1.807, 2.05) is 6.92 Å². The van der Waals surface area contributed by atoms with Gasteiger partial charge in [-0.15, -0.1) is 0 Å². The van der Waals surface area contributed by atoms with E-state index in [4.69, 9.17) is 4.74 Å². The van der Waals surface area contributed by atoms with Crippen molar-refractivity contribution < 1.29 is 9.53 Å². The zero-order chi connectivity index (χ0) is 11.0. The van der Waals surface area contributed by atoms with Crippen LogP contribution < -0.4 is 0 Å². The van der Waals surface area contributed by atoms with Gasteiger partial charge >= 0.3 is 5.97 Å². The molecule has 0 fully saturated rings. The SMILES string of the molecule is C=COC(=O)C(C)(CCC)CCCC. The number of hydrogen-bond acceptors (Lipinski definition) is 2. The van der Waals surface area contributed by atoms with Crippen molar-refractivity contribution in [3.05, 3.63) is 12.8 Å². The van der Waals surface area contributed by atoms with Crippen molar-refractivity contribution in [2.75, 3.05) is 0 Å². The summed E-state index contributed by atoms with van der Waals surface area (Å²) < 4.78 is 4.88.